The first-order chi connectivity index (χ1) is 9.53. The standard InChI is InChI=1S/C20H34O/c1-9-15(2)21-17-12-10-16(11-13-17)18(20(6,7)8)14-19(3,4)5/h10-13,15,18H,9,14H2,1-8H3. The average molecular weight is 290 g/mol. The summed E-state index contributed by atoms with van der Waals surface area (Å²) in [5.74, 6) is 1.55. The van der Waals surface area contributed by atoms with Gasteiger partial charge in [-0.2, -0.15) is 0 Å². The van der Waals surface area contributed by atoms with Crippen LogP contribution in [0.4, 0.5) is 0 Å². The van der Waals surface area contributed by atoms with E-state index in [1.165, 1.54) is 12.0 Å². The van der Waals surface area contributed by atoms with Crippen molar-refractivity contribution < 1.29 is 4.74 Å². The quantitative estimate of drug-likeness (QED) is 0.607. The molecule has 0 N–H and O–H groups in total. The molecule has 2 unspecified atom stereocenters. The second kappa shape index (κ2) is 6.85. The van der Waals surface area contributed by atoms with Crippen molar-refractivity contribution in [3.63, 3.8) is 0 Å². The van der Waals surface area contributed by atoms with Gasteiger partial charge in [0.15, 0.2) is 0 Å². The zero-order valence-corrected chi connectivity index (χ0v) is 15.3. The molecule has 0 aromatic heterocycles. The maximum absolute atomic E-state index is 5.88. The fourth-order valence-electron chi connectivity index (χ4n) is 2.63. The summed E-state index contributed by atoms with van der Waals surface area (Å²) in [4.78, 5) is 0. The zero-order chi connectivity index (χ0) is 16.3. The molecular formula is C20H34O. The van der Waals surface area contributed by atoms with Crippen LogP contribution in [-0.4, -0.2) is 6.10 Å². The molecule has 120 valence electrons. The monoisotopic (exact) mass is 290 g/mol. The zero-order valence-electron chi connectivity index (χ0n) is 15.3. The fourth-order valence-corrected chi connectivity index (χ4v) is 2.63. The lowest BCUT2D eigenvalue weighted by Gasteiger charge is -2.36. The van der Waals surface area contributed by atoms with Crippen LogP contribution in [0.5, 0.6) is 5.75 Å². The molecule has 21 heavy (non-hydrogen) atoms. The van der Waals surface area contributed by atoms with Crippen molar-refractivity contribution in [1.82, 2.24) is 0 Å². The highest BCUT2D eigenvalue weighted by Gasteiger charge is 2.30. The second-order valence-corrected chi connectivity index (χ2v) is 8.59. The largest absolute Gasteiger partial charge is 0.491 e. The highest BCUT2D eigenvalue weighted by Crippen LogP contribution is 2.43. The lowest BCUT2D eigenvalue weighted by molar-refractivity contribution is 0.216. The van der Waals surface area contributed by atoms with E-state index in [4.69, 9.17) is 4.74 Å². The van der Waals surface area contributed by atoms with Crippen molar-refractivity contribution in [2.24, 2.45) is 10.8 Å². The highest BCUT2D eigenvalue weighted by molar-refractivity contribution is 5.30. The minimum Gasteiger partial charge on any atom is -0.491 e. The van der Waals surface area contributed by atoms with Gasteiger partial charge in [-0.15, -0.1) is 0 Å². The molecule has 1 nitrogen and oxygen atoms in total. The van der Waals surface area contributed by atoms with E-state index < -0.39 is 0 Å². The second-order valence-electron chi connectivity index (χ2n) is 8.59. The maximum Gasteiger partial charge on any atom is 0.119 e. The normalized spacial score (nSPS) is 15.6. The van der Waals surface area contributed by atoms with Gasteiger partial charge in [0.1, 0.15) is 5.75 Å². The van der Waals surface area contributed by atoms with Gasteiger partial charge in [0.05, 0.1) is 6.10 Å². The summed E-state index contributed by atoms with van der Waals surface area (Å²) < 4.78 is 5.88. The molecule has 0 aliphatic heterocycles. The van der Waals surface area contributed by atoms with Gasteiger partial charge < -0.3 is 4.74 Å². The highest BCUT2D eigenvalue weighted by atomic mass is 16.5. The number of benzene rings is 1. The van der Waals surface area contributed by atoms with E-state index >= 15 is 0 Å². The molecule has 0 amide bonds. The topological polar surface area (TPSA) is 9.23 Å². The first kappa shape index (κ1) is 18.1. The molecule has 0 aliphatic rings. The Labute approximate surface area is 132 Å². The van der Waals surface area contributed by atoms with E-state index in [9.17, 15) is 0 Å². The first-order valence-electron chi connectivity index (χ1n) is 8.29. The van der Waals surface area contributed by atoms with Gasteiger partial charge in [-0.3, -0.25) is 0 Å². The first-order valence-corrected chi connectivity index (χ1v) is 8.29. The maximum atomic E-state index is 5.88. The fraction of sp³-hybridized carbons (Fsp3) is 0.700. The number of hydrogen-bond acceptors (Lipinski definition) is 1. The van der Waals surface area contributed by atoms with Crippen LogP contribution >= 0.6 is 0 Å². The smallest absolute Gasteiger partial charge is 0.119 e. The van der Waals surface area contributed by atoms with Crippen molar-refractivity contribution >= 4 is 0 Å². The van der Waals surface area contributed by atoms with Crippen LogP contribution in [0.25, 0.3) is 0 Å². The third-order valence-corrected chi connectivity index (χ3v) is 4.06. The Morgan fingerprint density at radius 3 is 1.86 bits per heavy atom. The van der Waals surface area contributed by atoms with E-state index in [0.29, 0.717) is 11.3 Å². The molecular weight excluding hydrogens is 256 g/mol. The van der Waals surface area contributed by atoms with Crippen LogP contribution in [0.15, 0.2) is 24.3 Å². The van der Waals surface area contributed by atoms with Gasteiger partial charge in [-0.1, -0.05) is 60.6 Å². The Morgan fingerprint density at radius 2 is 1.48 bits per heavy atom. The van der Waals surface area contributed by atoms with E-state index in [0.717, 1.165) is 12.2 Å². The van der Waals surface area contributed by atoms with Gasteiger partial charge in [-0.05, 0) is 54.2 Å². The van der Waals surface area contributed by atoms with E-state index in [1.807, 2.05) is 0 Å². The minimum absolute atomic E-state index is 0.270. The van der Waals surface area contributed by atoms with Crippen LogP contribution in [0, 0.1) is 10.8 Å². The van der Waals surface area contributed by atoms with Crippen LogP contribution < -0.4 is 4.74 Å². The summed E-state index contributed by atoms with van der Waals surface area (Å²) in [6.45, 7) is 18.3. The Morgan fingerprint density at radius 1 is 0.952 bits per heavy atom. The van der Waals surface area contributed by atoms with Crippen LogP contribution in [0.1, 0.15) is 79.7 Å². The number of rotatable bonds is 5. The van der Waals surface area contributed by atoms with Crippen LogP contribution in [0.3, 0.4) is 0 Å². The average Bonchev–Trinajstić information content (AvgIpc) is 2.34. The Bertz CT molecular complexity index is 417. The summed E-state index contributed by atoms with van der Waals surface area (Å²) in [6, 6.07) is 8.75. The molecule has 0 aliphatic carbocycles. The summed E-state index contributed by atoms with van der Waals surface area (Å²) >= 11 is 0. The van der Waals surface area contributed by atoms with Gasteiger partial charge in [0.2, 0.25) is 0 Å². The van der Waals surface area contributed by atoms with Crippen molar-refractivity contribution in [3.05, 3.63) is 29.8 Å². The summed E-state index contributed by atoms with van der Waals surface area (Å²) in [5.41, 5.74) is 2.03. The molecule has 0 spiro atoms. The molecule has 0 bridgehead atoms. The van der Waals surface area contributed by atoms with Crippen molar-refractivity contribution in [3.8, 4) is 5.75 Å². The third kappa shape index (κ3) is 6.11. The summed E-state index contributed by atoms with van der Waals surface area (Å²) in [7, 11) is 0. The van der Waals surface area contributed by atoms with Gasteiger partial charge in [0.25, 0.3) is 0 Å². The molecule has 1 aromatic carbocycles. The van der Waals surface area contributed by atoms with Crippen molar-refractivity contribution in [2.75, 3.05) is 0 Å². The van der Waals surface area contributed by atoms with E-state index in [2.05, 4.69) is 79.7 Å². The lowest BCUT2D eigenvalue weighted by atomic mass is 9.69. The molecule has 2 atom stereocenters. The predicted octanol–water partition coefficient (Wildman–Crippen LogP) is 6.43. The summed E-state index contributed by atoms with van der Waals surface area (Å²) in [6.07, 6.45) is 2.52. The molecule has 1 rings (SSSR count). The summed E-state index contributed by atoms with van der Waals surface area (Å²) in [5, 5.41) is 0. The molecule has 1 aromatic rings. The molecule has 0 radical (unpaired) electrons. The van der Waals surface area contributed by atoms with Crippen molar-refractivity contribution in [2.45, 2.75) is 80.3 Å². The van der Waals surface area contributed by atoms with Gasteiger partial charge in [0, 0.05) is 0 Å². The van der Waals surface area contributed by atoms with Gasteiger partial charge >= 0.3 is 0 Å². The molecule has 0 fully saturated rings. The number of ether oxygens (including phenoxy) is 1. The molecule has 0 saturated carbocycles. The number of hydrogen-bond donors (Lipinski definition) is 0. The molecule has 0 heterocycles. The molecule has 1 heteroatoms. The molecule has 0 saturated heterocycles. The third-order valence-electron chi connectivity index (χ3n) is 4.06. The van der Waals surface area contributed by atoms with Crippen LogP contribution in [0.2, 0.25) is 0 Å². The SMILES string of the molecule is CCC(C)Oc1ccc(C(CC(C)(C)C)C(C)(C)C)cc1. The van der Waals surface area contributed by atoms with E-state index in [1.54, 1.807) is 0 Å². The predicted molar refractivity (Wildman–Crippen MR) is 93.1 cm³/mol. The van der Waals surface area contributed by atoms with Crippen LogP contribution in [-0.2, 0) is 0 Å². The van der Waals surface area contributed by atoms with Crippen molar-refractivity contribution in [1.29, 1.82) is 0 Å². The Kier molecular flexibility index (Phi) is 5.90. The Balaban J connectivity index is 2.94. The minimum atomic E-state index is 0.270. The lowest BCUT2D eigenvalue weighted by Crippen LogP contribution is -2.23. The Hall–Kier alpha value is -0.980. The van der Waals surface area contributed by atoms with Gasteiger partial charge in [-0.25, -0.2) is 0 Å². The van der Waals surface area contributed by atoms with E-state index in [-0.39, 0.29) is 11.5 Å².